The van der Waals surface area contributed by atoms with Gasteiger partial charge in [-0.05, 0) is 43.0 Å². The van der Waals surface area contributed by atoms with E-state index < -0.39 is 5.54 Å². The van der Waals surface area contributed by atoms with Gasteiger partial charge in [-0.3, -0.25) is 14.4 Å². The van der Waals surface area contributed by atoms with Gasteiger partial charge in [0.2, 0.25) is 0 Å². The molecule has 2 aliphatic heterocycles. The zero-order valence-corrected chi connectivity index (χ0v) is 15.3. The summed E-state index contributed by atoms with van der Waals surface area (Å²) >= 11 is 0. The van der Waals surface area contributed by atoms with Crippen LogP contribution in [0.15, 0.2) is 42.7 Å². The Kier molecular flexibility index (Phi) is 4.68. The normalized spacial score (nSPS) is 19.8. The molecule has 0 saturated carbocycles. The number of ether oxygens (including phenoxy) is 1. The van der Waals surface area contributed by atoms with Crippen LogP contribution in [0, 0.1) is 0 Å². The number of amides is 1. The Balaban J connectivity index is 1.47. The first-order valence-corrected chi connectivity index (χ1v) is 9.36. The lowest BCUT2D eigenvalue weighted by molar-refractivity contribution is -0.148. The van der Waals surface area contributed by atoms with Crippen molar-refractivity contribution >= 4 is 5.91 Å². The topological polar surface area (TPSA) is 50.6 Å². The number of hydrogen-bond donors (Lipinski definition) is 0. The van der Waals surface area contributed by atoms with Crippen LogP contribution in [0.3, 0.4) is 0 Å². The molecule has 2 saturated heterocycles. The van der Waals surface area contributed by atoms with E-state index in [1.165, 1.54) is 5.56 Å². The number of benzene rings is 1. The van der Waals surface area contributed by atoms with Gasteiger partial charge in [-0.15, -0.1) is 0 Å². The van der Waals surface area contributed by atoms with Crippen LogP contribution in [0.25, 0.3) is 0 Å². The highest BCUT2D eigenvalue weighted by atomic mass is 16.5. The third-order valence-electron chi connectivity index (χ3n) is 5.71. The second-order valence-electron chi connectivity index (χ2n) is 7.26. The molecule has 0 bridgehead atoms. The fourth-order valence-corrected chi connectivity index (χ4v) is 3.99. The number of methoxy groups -OCH3 is 1. The summed E-state index contributed by atoms with van der Waals surface area (Å²) < 4.78 is 7.22. The predicted octanol–water partition coefficient (Wildman–Crippen LogP) is 2.12. The molecule has 0 radical (unpaired) electrons. The van der Waals surface area contributed by atoms with Gasteiger partial charge in [-0.1, -0.05) is 12.1 Å². The summed E-state index contributed by atoms with van der Waals surface area (Å²) in [6.07, 6.45) is 6.42. The van der Waals surface area contributed by atoms with Crippen molar-refractivity contribution in [3.8, 4) is 5.75 Å². The minimum Gasteiger partial charge on any atom is -0.497 e. The summed E-state index contributed by atoms with van der Waals surface area (Å²) in [6, 6.07) is 10.1. The molecule has 0 unspecified atom stereocenters. The van der Waals surface area contributed by atoms with Gasteiger partial charge in [0, 0.05) is 45.1 Å². The summed E-state index contributed by atoms with van der Waals surface area (Å²) in [5, 5.41) is 4.44. The number of likely N-dealkylation sites (tertiary alicyclic amines) is 2. The molecule has 0 atom stereocenters. The number of carbonyl (C=O) groups excluding carboxylic acids is 1. The standard InChI is InChI=1S/C20H26N4O2/c1-26-18-6-2-5-17(15-18)16-22-13-7-20(8-14-22,24-12-3-9-21-24)19(25)23-10-4-11-23/h2-3,5-6,9,12,15H,4,7-8,10-11,13-14,16H2,1H3. The Labute approximate surface area is 154 Å². The van der Waals surface area contributed by atoms with Crippen LogP contribution >= 0.6 is 0 Å². The van der Waals surface area contributed by atoms with Gasteiger partial charge in [0.25, 0.3) is 5.91 Å². The van der Waals surface area contributed by atoms with E-state index in [1.807, 2.05) is 34.0 Å². The lowest BCUT2D eigenvalue weighted by Gasteiger charge is -2.45. The van der Waals surface area contributed by atoms with Crippen molar-refractivity contribution in [3.63, 3.8) is 0 Å². The number of rotatable bonds is 5. The number of nitrogens with zero attached hydrogens (tertiary/aromatic N) is 4. The van der Waals surface area contributed by atoms with E-state index in [0.717, 1.165) is 57.7 Å². The van der Waals surface area contributed by atoms with E-state index in [2.05, 4.69) is 22.1 Å². The Morgan fingerprint density at radius 2 is 2.00 bits per heavy atom. The van der Waals surface area contributed by atoms with Crippen molar-refractivity contribution in [2.45, 2.75) is 31.3 Å². The summed E-state index contributed by atoms with van der Waals surface area (Å²) in [5.74, 6) is 1.13. The number of piperidine rings is 1. The van der Waals surface area contributed by atoms with E-state index in [4.69, 9.17) is 4.74 Å². The highest BCUT2D eigenvalue weighted by molar-refractivity contribution is 5.85. The van der Waals surface area contributed by atoms with Gasteiger partial charge in [0.15, 0.2) is 0 Å². The third-order valence-corrected chi connectivity index (χ3v) is 5.71. The molecule has 138 valence electrons. The average molecular weight is 354 g/mol. The SMILES string of the molecule is COc1cccc(CN2CCC(C(=O)N3CCC3)(n3cccn3)CC2)c1. The van der Waals surface area contributed by atoms with Crippen molar-refractivity contribution in [3.05, 3.63) is 48.3 Å². The molecule has 2 aromatic rings. The molecule has 2 aliphatic rings. The second-order valence-corrected chi connectivity index (χ2v) is 7.26. The summed E-state index contributed by atoms with van der Waals surface area (Å²) in [7, 11) is 1.69. The Morgan fingerprint density at radius 1 is 1.19 bits per heavy atom. The molecule has 26 heavy (non-hydrogen) atoms. The fraction of sp³-hybridized carbons (Fsp3) is 0.500. The molecule has 0 N–H and O–H groups in total. The minimum absolute atomic E-state index is 0.244. The quantitative estimate of drug-likeness (QED) is 0.825. The van der Waals surface area contributed by atoms with E-state index >= 15 is 0 Å². The molecular formula is C20H26N4O2. The van der Waals surface area contributed by atoms with Crippen LogP contribution in [0.2, 0.25) is 0 Å². The third kappa shape index (κ3) is 3.09. The lowest BCUT2D eigenvalue weighted by Crippen LogP contribution is -2.59. The molecule has 2 fully saturated rings. The summed E-state index contributed by atoms with van der Waals surface area (Å²) in [4.78, 5) is 17.6. The number of hydrogen-bond acceptors (Lipinski definition) is 4. The van der Waals surface area contributed by atoms with Crippen LogP contribution in [0.4, 0.5) is 0 Å². The van der Waals surface area contributed by atoms with Crippen molar-refractivity contribution in [2.24, 2.45) is 0 Å². The molecule has 6 nitrogen and oxygen atoms in total. The second kappa shape index (κ2) is 7.11. The first-order valence-electron chi connectivity index (χ1n) is 9.36. The van der Waals surface area contributed by atoms with Gasteiger partial charge in [-0.2, -0.15) is 5.10 Å². The maximum Gasteiger partial charge on any atom is 0.250 e. The predicted molar refractivity (Wildman–Crippen MR) is 98.9 cm³/mol. The van der Waals surface area contributed by atoms with Gasteiger partial charge in [0.05, 0.1) is 7.11 Å². The maximum atomic E-state index is 13.2. The van der Waals surface area contributed by atoms with Crippen molar-refractivity contribution < 1.29 is 9.53 Å². The van der Waals surface area contributed by atoms with Crippen LogP contribution in [-0.4, -0.2) is 58.8 Å². The van der Waals surface area contributed by atoms with Gasteiger partial charge in [0.1, 0.15) is 11.3 Å². The smallest absolute Gasteiger partial charge is 0.250 e. The van der Waals surface area contributed by atoms with Crippen molar-refractivity contribution in [2.75, 3.05) is 33.3 Å². The van der Waals surface area contributed by atoms with Crippen LogP contribution in [0.5, 0.6) is 5.75 Å². The number of aromatic nitrogens is 2. The largest absolute Gasteiger partial charge is 0.497 e. The molecule has 0 spiro atoms. The van der Waals surface area contributed by atoms with Crippen molar-refractivity contribution in [1.82, 2.24) is 19.6 Å². The summed E-state index contributed by atoms with van der Waals surface area (Å²) in [5.41, 5.74) is 0.722. The Bertz CT molecular complexity index is 747. The monoisotopic (exact) mass is 354 g/mol. The maximum absolute atomic E-state index is 13.2. The highest BCUT2D eigenvalue weighted by Gasteiger charge is 2.46. The highest BCUT2D eigenvalue weighted by Crippen LogP contribution is 2.34. The molecule has 3 heterocycles. The van der Waals surface area contributed by atoms with E-state index in [-0.39, 0.29) is 5.91 Å². The number of carbonyl (C=O) groups is 1. The fourth-order valence-electron chi connectivity index (χ4n) is 3.99. The molecule has 0 aliphatic carbocycles. The Morgan fingerprint density at radius 3 is 2.62 bits per heavy atom. The first kappa shape index (κ1) is 17.1. The van der Waals surface area contributed by atoms with E-state index in [1.54, 1.807) is 13.3 Å². The summed E-state index contributed by atoms with van der Waals surface area (Å²) in [6.45, 7) is 4.42. The van der Waals surface area contributed by atoms with Crippen LogP contribution in [0.1, 0.15) is 24.8 Å². The van der Waals surface area contributed by atoms with Gasteiger partial charge >= 0.3 is 0 Å². The lowest BCUT2D eigenvalue weighted by atomic mass is 9.85. The van der Waals surface area contributed by atoms with Crippen LogP contribution in [-0.2, 0) is 16.9 Å². The van der Waals surface area contributed by atoms with Gasteiger partial charge < -0.3 is 9.64 Å². The van der Waals surface area contributed by atoms with Crippen molar-refractivity contribution in [1.29, 1.82) is 0 Å². The molecule has 1 amide bonds. The van der Waals surface area contributed by atoms with Gasteiger partial charge in [-0.25, -0.2) is 0 Å². The molecule has 1 aromatic carbocycles. The zero-order chi connectivity index (χ0) is 18.0. The Hall–Kier alpha value is -2.34. The first-order chi connectivity index (χ1) is 12.7. The van der Waals surface area contributed by atoms with Crippen LogP contribution < -0.4 is 4.74 Å². The molecular weight excluding hydrogens is 328 g/mol. The minimum atomic E-state index is -0.519. The van der Waals surface area contributed by atoms with E-state index in [9.17, 15) is 4.79 Å². The zero-order valence-electron chi connectivity index (χ0n) is 15.3. The molecule has 1 aromatic heterocycles. The molecule has 4 rings (SSSR count). The molecule has 6 heteroatoms. The van der Waals surface area contributed by atoms with E-state index in [0.29, 0.717) is 0 Å². The average Bonchev–Trinajstić information content (AvgIpc) is 3.16.